The molecule has 2 aromatic heterocycles. The first-order valence-electron chi connectivity index (χ1n) is 9.66. The number of rotatable bonds is 5. The zero-order valence-corrected chi connectivity index (χ0v) is 16.0. The molecule has 30 heavy (non-hydrogen) atoms. The molecular formula is C20H22F3N5O2. The van der Waals surface area contributed by atoms with Gasteiger partial charge in [-0.15, -0.1) is 5.10 Å². The third-order valence-electron chi connectivity index (χ3n) is 5.39. The van der Waals surface area contributed by atoms with E-state index >= 15 is 0 Å². The summed E-state index contributed by atoms with van der Waals surface area (Å²) in [6, 6.07) is 10.3. The van der Waals surface area contributed by atoms with Gasteiger partial charge in [-0.05, 0) is 62.1 Å². The molecule has 0 saturated heterocycles. The van der Waals surface area contributed by atoms with Crippen molar-refractivity contribution < 1.29 is 23.4 Å². The number of hydrogen-bond donors (Lipinski definition) is 4. The number of pyridine rings is 1. The number of anilines is 3. The maximum atomic E-state index is 12.7. The van der Waals surface area contributed by atoms with E-state index < -0.39 is 17.3 Å². The molecule has 2 heterocycles. The van der Waals surface area contributed by atoms with Gasteiger partial charge >= 0.3 is 6.18 Å². The molecule has 0 spiro atoms. The van der Waals surface area contributed by atoms with Gasteiger partial charge in [-0.3, -0.25) is 0 Å². The molecule has 1 aliphatic carbocycles. The number of benzene rings is 1. The minimum Gasteiger partial charge on any atom is -0.393 e. The van der Waals surface area contributed by atoms with E-state index in [0.717, 1.165) is 18.0 Å². The zero-order chi connectivity index (χ0) is 21.4. The lowest BCUT2D eigenvalue weighted by atomic mass is 9.83. The number of aliphatic hydroxyl groups excluding tert-OH is 1. The lowest BCUT2D eigenvalue weighted by Gasteiger charge is -2.35. The Bertz CT molecular complexity index is 1010. The summed E-state index contributed by atoms with van der Waals surface area (Å²) in [4.78, 5) is 4.37. The van der Waals surface area contributed by atoms with Crippen LogP contribution in [0, 0.1) is 0 Å². The van der Waals surface area contributed by atoms with E-state index in [4.69, 9.17) is 0 Å². The van der Waals surface area contributed by atoms with Crippen molar-refractivity contribution in [3.05, 3.63) is 48.0 Å². The van der Waals surface area contributed by atoms with Crippen molar-refractivity contribution in [2.24, 2.45) is 0 Å². The van der Waals surface area contributed by atoms with Crippen LogP contribution in [0.5, 0.6) is 0 Å². The quantitative estimate of drug-likeness (QED) is 0.503. The topological polar surface area (TPSA) is 94.7 Å². The first kappa shape index (κ1) is 20.4. The minimum atomic E-state index is -4.38. The monoisotopic (exact) mass is 421 g/mol. The Morgan fingerprint density at radius 2 is 1.80 bits per heavy atom. The van der Waals surface area contributed by atoms with Gasteiger partial charge in [-0.25, -0.2) is 0 Å². The van der Waals surface area contributed by atoms with Crippen molar-refractivity contribution >= 4 is 23.1 Å². The van der Waals surface area contributed by atoms with E-state index in [-0.39, 0.29) is 18.6 Å². The molecule has 10 heteroatoms. The summed E-state index contributed by atoms with van der Waals surface area (Å²) < 4.78 is 39.7. The molecule has 7 nitrogen and oxygen atoms in total. The Labute approximate surface area is 170 Å². The molecule has 0 bridgehead atoms. The van der Waals surface area contributed by atoms with Gasteiger partial charge in [0.1, 0.15) is 5.82 Å². The second-order valence-electron chi connectivity index (χ2n) is 7.62. The fraction of sp³-hybridized carbons (Fsp3) is 0.400. The molecule has 0 atom stereocenters. The van der Waals surface area contributed by atoms with Crippen LogP contribution in [0.4, 0.5) is 30.6 Å². The third-order valence-corrected chi connectivity index (χ3v) is 5.39. The molecule has 1 aliphatic rings. The van der Waals surface area contributed by atoms with Crippen LogP contribution in [0.25, 0.3) is 5.65 Å². The Balaban J connectivity index is 1.48. The molecule has 0 unspecified atom stereocenters. The van der Waals surface area contributed by atoms with Crippen molar-refractivity contribution in [3.8, 4) is 0 Å². The lowest BCUT2D eigenvalue weighted by molar-refractivity contribution is -0.137. The highest BCUT2D eigenvalue weighted by atomic mass is 19.4. The van der Waals surface area contributed by atoms with E-state index in [1.165, 1.54) is 12.1 Å². The van der Waals surface area contributed by atoms with Gasteiger partial charge in [-0.1, -0.05) is 6.07 Å². The number of nitrogens with one attached hydrogen (secondary N) is 2. The van der Waals surface area contributed by atoms with E-state index in [1.807, 2.05) is 12.1 Å². The minimum absolute atomic E-state index is 0.123. The molecule has 1 fully saturated rings. The number of aliphatic hydroxyl groups is 2. The van der Waals surface area contributed by atoms with Crippen LogP contribution in [-0.2, 0) is 6.18 Å². The van der Waals surface area contributed by atoms with Crippen molar-refractivity contribution in [1.82, 2.24) is 14.6 Å². The molecule has 4 N–H and O–H groups in total. The average molecular weight is 421 g/mol. The first-order valence-corrected chi connectivity index (χ1v) is 9.66. The number of halogens is 3. The molecule has 1 saturated carbocycles. The number of aromatic nitrogens is 3. The number of alkyl halides is 3. The first-order chi connectivity index (χ1) is 14.3. The maximum absolute atomic E-state index is 12.7. The highest BCUT2D eigenvalue weighted by Crippen LogP contribution is 2.31. The normalized spacial score (nSPS) is 22.2. The van der Waals surface area contributed by atoms with Gasteiger partial charge in [0.15, 0.2) is 5.65 Å². The average Bonchev–Trinajstić information content (AvgIpc) is 3.13. The molecule has 3 aromatic rings. The van der Waals surface area contributed by atoms with Crippen LogP contribution in [-0.4, -0.2) is 43.1 Å². The standard InChI is InChI=1S/C20H22F3N5O2/c21-20(22,23)13-4-6-14(7-5-13)25-18-26-17-3-1-2-16(28(17)27-18)24-15-8-10-19(30,12-29)11-9-15/h1-7,15,24,29-30H,8-12H2,(H,25,27). The fourth-order valence-corrected chi connectivity index (χ4v) is 3.61. The van der Waals surface area contributed by atoms with E-state index in [2.05, 4.69) is 20.7 Å². The summed E-state index contributed by atoms with van der Waals surface area (Å²) in [6.45, 7) is -0.239. The largest absolute Gasteiger partial charge is 0.416 e. The predicted molar refractivity (Wildman–Crippen MR) is 106 cm³/mol. The summed E-state index contributed by atoms with van der Waals surface area (Å²) in [7, 11) is 0. The van der Waals surface area contributed by atoms with Gasteiger partial charge in [0.25, 0.3) is 0 Å². The van der Waals surface area contributed by atoms with Crippen LogP contribution >= 0.6 is 0 Å². The van der Waals surface area contributed by atoms with Crippen LogP contribution in [0.2, 0.25) is 0 Å². The van der Waals surface area contributed by atoms with Gasteiger partial charge in [0.2, 0.25) is 5.95 Å². The Kier molecular flexibility index (Phi) is 5.29. The van der Waals surface area contributed by atoms with Crippen molar-refractivity contribution in [2.45, 2.75) is 43.5 Å². The fourth-order valence-electron chi connectivity index (χ4n) is 3.61. The number of fused-ring (bicyclic) bond motifs is 1. The van der Waals surface area contributed by atoms with Crippen molar-refractivity contribution in [1.29, 1.82) is 0 Å². The van der Waals surface area contributed by atoms with Crippen molar-refractivity contribution in [3.63, 3.8) is 0 Å². The summed E-state index contributed by atoms with van der Waals surface area (Å²) in [5.74, 6) is 0.988. The maximum Gasteiger partial charge on any atom is 0.416 e. The molecule has 4 rings (SSSR count). The molecule has 1 aromatic carbocycles. The Hall–Kier alpha value is -2.85. The van der Waals surface area contributed by atoms with Gasteiger partial charge in [0, 0.05) is 11.7 Å². The molecular weight excluding hydrogens is 399 g/mol. The van der Waals surface area contributed by atoms with E-state index in [0.29, 0.717) is 37.0 Å². The smallest absolute Gasteiger partial charge is 0.393 e. The van der Waals surface area contributed by atoms with Gasteiger partial charge < -0.3 is 20.8 Å². The zero-order valence-electron chi connectivity index (χ0n) is 16.0. The molecule has 160 valence electrons. The summed E-state index contributed by atoms with van der Waals surface area (Å²) >= 11 is 0. The van der Waals surface area contributed by atoms with E-state index in [9.17, 15) is 23.4 Å². The highest BCUT2D eigenvalue weighted by molar-refractivity contribution is 5.58. The summed E-state index contributed by atoms with van der Waals surface area (Å²) in [5, 5.41) is 30.2. The van der Waals surface area contributed by atoms with E-state index in [1.54, 1.807) is 10.6 Å². The summed E-state index contributed by atoms with van der Waals surface area (Å²) in [6.07, 6.45) is -1.95. The predicted octanol–water partition coefficient (Wildman–Crippen LogP) is 3.57. The number of hydrogen-bond acceptors (Lipinski definition) is 6. The second-order valence-corrected chi connectivity index (χ2v) is 7.62. The Morgan fingerprint density at radius 3 is 2.43 bits per heavy atom. The highest BCUT2D eigenvalue weighted by Gasteiger charge is 2.33. The van der Waals surface area contributed by atoms with Crippen LogP contribution in [0.3, 0.4) is 0 Å². The van der Waals surface area contributed by atoms with Crippen LogP contribution in [0.1, 0.15) is 31.2 Å². The number of nitrogens with zero attached hydrogens (tertiary/aromatic N) is 3. The lowest BCUT2D eigenvalue weighted by Crippen LogP contribution is -2.41. The third kappa shape index (κ3) is 4.34. The summed E-state index contributed by atoms with van der Waals surface area (Å²) in [5.41, 5.74) is -0.694. The molecule has 0 radical (unpaired) electrons. The SMILES string of the molecule is OCC1(O)CCC(Nc2cccc3nc(Nc4ccc(C(F)(F)F)cc4)nn23)CC1. The van der Waals surface area contributed by atoms with Crippen LogP contribution < -0.4 is 10.6 Å². The Morgan fingerprint density at radius 1 is 1.10 bits per heavy atom. The van der Waals surface area contributed by atoms with Crippen LogP contribution in [0.15, 0.2) is 42.5 Å². The van der Waals surface area contributed by atoms with Gasteiger partial charge in [0.05, 0.1) is 17.8 Å². The van der Waals surface area contributed by atoms with Crippen molar-refractivity contribution in [2.75, 3.05) is 17.2 Å². The second kappa shape index (κ2) is 7.77. The molecule has 0 amide bonds. The molecule has 0 aliphatic heterocycles. The van der Waals surface area contributed by atoms with Gasteiger partial charge in [-0.2, -0.15) is 22.7 Å².